The number of aromatic nitrogens is 2. The first-order chi connectivity index (χ1) is 15.9. The Hall–Kier alpha value is -2.48. The summed E-state index contributed by atoms with van der Waals surface area (Å²) < 4.78 is 0. The van der Waals surface area contributed by atoms with Gasteiger partial charge in [0.05, 0.1) is 17.1 Å². The lowest BCUT2D eigenvalue weighted by atomic mass is 10.1. The number of aromatic amines is 1. The second-order valence-corrected chi connectivity index (χ2v) is 9.66. The van der Waals surface area contributed by atoms with E-state index in [1.807, 2.05) is 48.5 Å². The van der Waals surface area contributed by atoms with E-state index in [9.17, 15) is 9.59 Å². The summed E-state index contributed by atoms with van der Waals surface area (Å²) in [6, 6.07) is 15.3. The Morgan fingerprint density at radius 3 is 2.55 bits per heavy atom. The van der Waals surface area contributed by atoms with Crippen molar-refractivity contribution in [2.45, 2.75) is 24.3 Å². The molecule has 1 fully saturated rings. The van der Waals surface area contributed by atoms with Gasteiger partial charge in [0.25, 0.3) is 5.56 Å². The minimum Gasteiger partial charge on any atom is -0.367 e. The molecule has 0 spiro atoms. The predicted octanol–water partition coefficient (Wildman–Crippen LogP) is 4.57. The zero-order valence-electron chi connectivity index (χ0n) is 18.2. The third kappa shape index (κ3) is 5.91. The molecule has 1 aromatic heterocycles. The second-order valence-electron chi connectivity index (χ2n) is 7.85. The Kier molecular flexibility index (Phi) is 7.63. The van der Waals surface area contributed by atoms with Gasteiger partial charge in [-0.1, -0.05) is 59.2 Å². The summed E-state index contributed by atoms with van der Waals surface area (Å²) in [6.07, 6.45) is 0.0412. The Labute approximate surface area is 206 Å². The molecule has 33 heavy (non-hydrogen) atoms. The number of anilines is 1. The van der Waals surface area contributed by atoms with Crippen LogP contribution in [0.5, 0.6) is 0 Å². The lowest BCUT2D eigenvalue weighted by Gasteiger charge is -2.36. The van der Waals surface area contributed by atoms with Crippen LogP contribution in [-0.4, -0.2) is 47.0 Å². The highest BCUT2D eigenvalue weighted by Gasteiger charge is 2.24. The zero-order valence-corrected chi connectivity index (χ0v) is 20.5. The molecule has 1 N–H and O–H groups in total. The van der Waals surface area contributed by atoms with Gasteiger partial charge in [-0.15, -0.1) is 0 Å². The van der Waals surface area contributed by atoms with Gasteiger partial charge in [-0.3, -0.25) is 9.59 Å². The number of H-pyrrole nitrogens is 1. The molecular formula is C24H24Cl2N4O2S. The van der Waals surface area contributed by atoms with E-state index in [0.717, 1.165) is 11.3 Å². The van der Waals surface area contributed by atoms with Crippen LogP contribution in [0.1, 0.15) is 16.8 Å². The molecule has 4 rings (SSSR count). The molecule has 0 unspecified atom stereocenters. The third-order valence-corrected chi connectivity index (χ3v) is 7.12. The lowest BCUT2D eigenvalue weighted by Crippen LogP contribution is -2.49. The van der Waals surface area contributed by atoms with E-state index < -0.39 is 0 Å². The fraction of sp³-hybridized carbons (Fsp3) is 0.292. The van der Waals surface area contributed by atoms with E-state index in [1.165, 1.54) is 11.8 Å². The number of rotatable bonds is 6. The molecule has 0 bridgehead atoms. The van der Waals surface area contributed by atoms with Gasteiger partial charge in [-0.05, 0) is 36.8 Å². The predicted molar refractivity (Wildman–Crippen MR) is 135 cm³/mol. The largest absolute Gasteiger partial charge is 0.367 e. The van der Waals surface area contributed by atoms with Crippen LogP contribution >= 0.6 is 35.0 Å². The number of aryl methyl sites for hydroxylation is 1. The number of para-hydroxylation sites is 1. The van der Waals surface area contributed by atoms with Crippen molar-refractivity contribution >= 4 is 46.6 Å². The van der Waals surface area contributed by atoms with E-state index in [1.54, 1.807) is 11.8 Å². The van der Waals surface area contributed by atoms with Crippen LogP contribution in [0.3, 0.4) is 0 Å². The van der Waals surface area contributed by atoms with Gasteiger partial charge in [0.1, 0.15) is 0 Å². The number of carbonyl (C=O) groups excluding carboxylic acids is 1. The van der Waals surface area contributed by atoms with Crippen LogP contribution in [0.15, 0.2) is 58.5 Å². The summed E-state index contributed by atoms with van der Waals surface area (Å²) in [5, 5.41) is 1.91. The van der Waals surface area contributed by atoms with Crippen molar-refractivity contribution in [2.24, 2.45) is 0 Å². The van der Waals surface area contributed by atoms with Gasteiger partial charge in [0.15, 0.2) is 5.16 Å². The standard InChI is InChI=1S/C24H24Cl2N4O2S/c1-16-19(23(32)28-24(27-16)33-15-17-5-4-6-18(25)13-17)14-22(31)30-11-9-29(10-12-30)21-8-3-2-7-20(21)26/h2-8,13H,9-12,14-15H2,1H3,(H,27,28,32). The molecule has 3 aromatic rings. The monoisotopic (exact) mass is 502 g/mol. The fourth-order valence-corrected chi connectivity index (χ4v) is 5.13. The van der Waals surface area contributed by atoms with Gasteiger partial charge in [-0.2, -0.15) is 0 Å². The van der Waals surface area contributed by atoms with Crippen molar-refractivity contribution in [2.75, 3.05) is 31.1 Å². The van der Waals surface area contributed by atoms with Crippen LogP contribution < -0.4 is 10.5 Å². The van der Waals surface area contributed by atoms with Crippen molar-refractivity contribution < 1.29 is 4.79 Å². The van der Waals surface area contributed by atoms with Gasteiger partial charge in [0, 0.05) is 48.2 Å². The first-order valence-electron chi connectivity index (χ1n) is 10.6. The molecule has 9 heteroatoms. The zero-order chi connectivity index (χ0) is 23.4. The average Bonchev–Trinajstić information content (AvgIpc) is 2.80. The Morgan fingerprint density at radius 2 is 1.85 bits per heavy atom. The number of piperazine rings is 1. The molecule has 6 nitrogen and oxygen atoms in total. The SMILES string of the molecule is Cc1nc(SCc2cccc(Cl)c2)[nH]c(=O)c1CC(=O)N1CCN(c2ccccc2Cl)CC1. The average molecular weight is 503 g/mol. The molecule has 2 aromatic carbocycles. The first-order valence-corrected chi connectivity index (χ1v) is 12.4. The van der Waals surface area contributed by atoms with Crippen molar-refractivity contribution in [3.63, 3.8) is 0 Å². The quantitative estimate of drug-likeness (QED) is 0.394. The number of carbonyl (C=O) groups is 1. The Morgan fingerprint density at radius 1 is 1.09 bits per heavy atom. The second kappa shape index (κ2) is 10.6. The summed E-state index contributed by atoms with van der Waals surface area (Å²) in [5.74, 6) is 0.570. The van der Waals surface area contributed by atoms with Crippen molar-refractivity contribution in [3.05, 3.63) is 85.8 Å². The Bertz CT molecular complexity index is 1210. The molecule has 0 aliphatic carbocycles. The van der Waals surface area contributed by atoms with Gasteiger partial charge >= 0.3 is 0 Å². The topological polar surface area (TPSA) is 69.3 Å². The minimum atomic E-state index is -0.265. The maximum absolute atomic E-state index is 12.9. The molecule has 1 amide bonds. The van der Waals surface area contributed by atoms with E-state index in [0.29, 0.717) is 58.4 Å². The molecule has 1 saturated heterocycles. The highest BCUT2D eigenvalue weighted by molar-refractivity contribution is 7.98. The number of halogens is 2. The van der Waals surface area contributed by atoms with Crippen LogP contribution in [0.25, 0.3) is 0 Å². The number of hydrogen-bond acceptors (Lipinski definition) is 5. The molecule has 0 atom stereocenters. The molecule has 2 heterocycles. The number of amides is 1. The molecule has 172 valence electrons. The van der Waals surface area contributed by atoms with Gasteiger partial charge in [0.2, 0.25) is 5.91 Å². The van der Waals surface area contributed by atoms with Crippen molar-refractivity contribution in [1.29, 1.82) is 0 Å². The summed E-state index contributed by atoms with van der Waals surface area (Å²) in [4.78, 5) is 36.9. The number of nitrogens with zero attached hydrogens (tertiary/aromatic N) is 3. The van der Waals surface area contributed by atoms with Gasteiger partial charge < -0.3 is 14.8 Å². The van der Waals surface area contributed by atoms with Crippen LogP contribution in [0.4, 0.5) is 5.69 Å². The van der Waals surface area contributed by atoms with E-state index in [-0.39, 0.29) is 17.9 Å². The Balaban J connectivity index is 1.36. The highest BCUT2D eigenvalue weighted by atomic mass is 35.5. The maximum atomic E-state index is 12.9. The first kappa shape index (κ1) is 23.7. The van der Waals surface area contributed by atoms with Crippen LogP contribution in [0.2, 0.25) is 10.0 Å². The van der Waals surface area contributed by atoms with E-state index in [4.69, 9.17) is 23.2 Å². The summed E-state index contributed by atoms with van der Waals surface area (Å²) in [6.45, 7) is 4.34. The van der Waals surface area contributed by atoms with Gasteiger partial charge in [-0.25, -0.2) is 4.98 Å². The summed E-state index contributed by atoms with van der Waals surface area (Å²) in [7, 11) is 0. The molecular weight excluding hydrogens is 479 g/mol. The maximum Gasteiger partial charge on any atom is 0.255 e. The van der Waals surface area contributed by atoms with Crippen LogP contribution in [-0.2, 0) is 17.0 Å². The summed E-state index contributed by atoms with van der Waals surface area (Å²) >= 11 is 13.8. The molecule has 0 radical (unpaired) electrons. The highest BCUT2D eigenvalue weighted by Crippen LogP contribution is 2.26. The normalized spacial score (nSPS) is 13.9. The van der Waals surface area contributed by atoms with Crippen LogP contribution in [0, 0.1) is 6.92 Å². The number of nitrogens with one attached hydrogen (secondary N) is 1. The molecule has 1 aliphatic rings. The van der Waals surface area contributed by atoms with Crippen molar-refractivity contribution in [1.82, 2.24) is 14.9 Å². The number of hydrogen-bond donors (Lipinski definition) is 1. The number of thioether (sulfide) groups is 1. The third-order valence-electron chi connectivity index (χ3n) is 5.62. The minimum absolute atomic E-state index is 0.0412. The van der Waals surface area contributed by atoms with E-state index >= 15 is 0 Å². The smallest absolute Gasteiger partial charge is 0.255 e. The van der Waals surface area contributed by atoms with E-state index in [2.05, 4.69) is 14.9 Å². The van der Waals surface area contributed by atoms with Crippen molar-refractivity contribution in [3.8, 4) is 0 Å². The summed E-state index contributed by atoms with van der Waals surface area (Å²) in [5.41, 5.74) is 2.76. The fourth-order valence-electron chi connectivity index (χ4n) is 3.81. The lowest BCUT2D eigenvalue weighted by molar-refractivity contribution is -0.130. The number of benzene rings is 2. The molecule has 0 saturated carbocycles. The molecule has 1 aliphatic heterocycles.